The Kier molecular flexibility index (Phi) is 7.54. The Morgan fingerprint density at radius 1 is 1.32 bits per heavy atom. The van der Waals surface area contributed by atoms with E-state index in [2.05, 4.69) is 5.32 Å². The van der Waals surface area contributed by atoms with Gasteiger partial charge in [0.25, 0.3) is 0 Å². The number of carbonyl (C=O) groups is 2. The average Bonchev–Trinajstić information content (AvgIpc) is 2.93. The topological polar surface area (TPSA) is 86.8 Å². The van der Waals surface area contributed by atoms with E-state index in [1.165, 1.54) is 18.2 Å². The minimum Gasteiger partial charge on any atom is -0.335 e. The molecule has 1 aromatic rings. The van der Waals surface area contributed by atoms with Gasteiger partial charge in [-0.2, -0.15) is 0 Å². The lowest BCUT2D eigenvalue weighted by Gasteiger charge is -2.34. The fourth-order valence-corrected chi connectivity index (χ4v) is 5.09. The molecule has 0 aromatic heterocycles. The number of benzene rings is 1. The van der Waals surface area contributed by atoms with Crippen LogP contribution in [-0.4, -0.2) is 73.8 Å². The monoisotopic (exact) mass is 413 g/mol. The predicted octanol–water partition coefficient (Wildman–Crippen LogP) is 1.51. The molecule has 1 aromatic carbocycles. The molecule has 1 fully saturated rings. The normalized spacial score (nSPS) is 19.4. The molecule has 9 heteroatoms. The molecule has 28 heavy (non-hydrogen) atoms. The van der Waals surface area contributed by atoms with E-state index in [-0.39, 0.29) is 48.5 Å². The maximum absolute atomic E-state index is 13.2. The third-order valence-electron chi connectivity index (χ3n) is 4.88. The summed E-state index contributed by atoms with van der Waals surface area (Å²) in [5.41, 5.74) is 0.349. The molecule has 2 rings (SSSR count). The van der Waals surface area contributed by atoms with Gasteiger partial charge in [-0.3, -0.25) is 14.5 Å². The van der Waals surface area contributed by atoms with Gasteiger partial charge in [-0.05, 0) is 45.0 Å². The van der Waals surface area contributed by atoms with Crippen LogP contribution < -0.4 is 5.32 Å². The average molecular weight is 414 g/mol. The Morgan fingerprint density at radius 3 is 2.61 bits per heavy atom. The number of anilines is 1. The second-order valence-electron chi connectivity index (χ2n) is 7.35. The second-order valence-corrected chi connectivity index (χ2v) is 9.57. The van der Waals surface area contributed by atoms with Crippen LogP contribution in [-0.2, 0) is 19.4 Å². The molecule has 0 unspecified atom stereocenters. The molecule has 2 atom stereocenters. The van der Waals surface area contributed by atoms with Gasteiger partial charge in [-0.25, -0.2) is 12.8 Å². The van der Waals surface area contributed by atoms with Gasteiger partial charge >= 0.3 is 0 Å². The van der Waals surface area contributed by atoms with Crippen molar-refractivity contribution in [3.8, 4) is 0 Å². The van der Waals surface area contributed by atoms with Crippen molar-refractivity contribution in [2.75, 3.05) is 37.0 Å². The van der Waals surface area contributed by atoms with Crippen LogP contribution in [0.3, 0.4) is 0 Å². The van der Waals surface area contributed by atoms with E-state index in [1.54, 1.807) is 22.9 Å². The van der Waals surface area contributed by atoms with E-state index in [1.807, 2.05) is 13.8 Å². The summed E-state index contributed by atoms with van der Waals surface area (Å²) in [6.45, 7) is 3.81. The van der Waals surface area contributed by atoms with Crippen molar-refractivity contribution in [3.63, 3.8) is 0 Å². The smallest absolute Gasteiger partial charge is 0.238 e. The molecule has 1 saturated heterocycles. The van der Waals surface area contributed by atoms with Gasteiger partial charge in [0, 0.05) is 17.8 Å². The van der Waals surface area contributed by atoms with E-state index in [9.17, 15) is 22.4 Å². The summed E-state index contributed by atoms with van der Waals surface area (Å²) < 4.78 is 36.8. The highest BCUT2D eigenvalue weighted by atomic mass is 32.2. The molecular weight excluding hydrogens is 385 g/mol. The Hall–Kier alpha value is -2.00. The van der Waals surface area contributed by atoms with Crippen molar-refractivity contribution in [2.45, 2.75) is 38.8 Å². The highest BCUT2D eigenvalue weighted by Crippen LogP contribution is 2.21. The Morgan fingerprint density at radius 2 is 2.04 bits per heavy atom. The maximum Gasteiger partial charge on any atom is 0.238 e. The molecule has 7 nitrogen and oxygen atoms in total. The molecule has 1 aliphatic heterocycles. The third kappa shape index (κ3) is 6.27. The first-order valence-corrected chi connectivity index (χ1v) is 11.2. The van der Waals surface area contributed by atoms with E-state index in [0.29, 0.717) is 18.5 Å². The first-order valence-electron chi connectivity index (χ1n) is 9.37. The van der Waals surface area contributed by atoms with Crippen LogP contribution in [0.5, 0.6) is 0 Å². The molecule has 0 bridgehead atoms. The zero-order valence-corrected chi connectivity index (χ0v) is 17.3. The standard InChI is InChI=1S/C19H28FN3O4S/c1-4-14(2)23(17-8-9-28(26,27)13-17)19(25)12-22(3)11-18(24)21-16-7-5-6-15(20)10-16/h5-7,10,14,17H,4,8-9,11-13H2,1-3H3,(H,21,24)/t14-,17-/m0/s1. The van der Waals surface area contributed by atoms with Crippen LogP contribution in [0.4, 0.5) is 10.1 Å². The first-order chi connectivity index (χ1) is 13.1. The maximum atomic E-state index is 13.2. The van der Waals surface area contributed by atoms with E-state index in [0.717, 1.165) is 0 Å². The third-order valence-corrected chi connectivity index (χ3v) is 6.63. The van der Waals surface area contributed by atoms with E-state index in [4.69, 9.17) is 0 Å². The van der Waals surface area contributed by atoms with Crippen LogP contribution >= 0.6 is 0 Å². The van der Waals surface area contributed by atoms with Gasteiger partial charge in [-0.1, -0.05) is 13.0 Å². The summed E-state index contributed by atoms with van der Waals surface area (Å²) in [5, 5.41) is 2.59. The van der Waals surface area contributed by atoms with Gasteiger partial charge < -0.3 is 10.2 Å². The van der Waals surface area contributed by atoms with Crippen molar-refractivity contribution >= 4 is 27.3 Å². The van der Waals surface area contributed by atoms with Crippen molar-refractivity contribution in [2.24, 2.45) is 0 Å². The molecule has 1 N–H and O–H groups in total. The zero-order valence-electron chi connectivity index (χ0n) is 16.5. The first kappa shape index (κ1) is 22.3. The van der Waals surface area contributed by atoms with Crippen molar-refractivity contribution in [3.05, 3.63) is 30.1 Å². The van der Waals surface area contributed by atoms with Gasteiger partial charge in [0.1, 0.15) is 5.82 Å². The van der Waals surface area contributed by atoms with Gasteiger partial charge in [0.2, 0.25) is 11.8 Å². The Balaban J connectivity index is 1.95. The quantitative estimate of drug-likeness (QED) is 0.698. The molecule has 1 heterocycles. The molecule has 0 saturated carbocycles. The van der Waals surface area contributed by atoms with Crippen LogP contribution in [0.15, 0.2) is 24.3 Å². The summed E-state index contributed by atoms with van der Waals surface area (Å²) in [6, 6.07) is 5.18. The summed E-state index contributed by atoms with van der Waals surface area (Å²) in [6.07, 6.45) is 1.16. The zero-order chi connectivity index (χ0) is 20.9. The number of carbonyl (C=O) groups excluding carboxylic acids is 2. The molecule has 1 aliphatic rings. The predicted molar refractivity (Wildman–Crippen MR) is 106 cm³/mol. The lowest BCUT2D eigenvalue weighted by atomic mass is 10.1. The second kappa shape index (κ2) is 9.47. The minimum absolute atomic E-state index is 0.00252. The molecule has 0 aliphatic carbocycles. The number of rotatable bonds is 8. The van der Waals surface area contributed by atoms with Crippen molar-refractivity contribution in [1.29, 1.82) is 0 Å². The number of likely N-dealkylation sites (N-methyl/N-ethyl adjacent to an activating group) is 1. The van der Waals surface area contributed by atoms with Crippen molar-refractivity contribution in [1.82, 2.24) is 9.80 Å². The SMILES string of the molecule is CC[C@H](C)N(C(=O)CN(C)CC(=O)Nc1cccc(F)c1)[C@H]1CCS(=O)(=O)C1. The number of amides is 2. The number of nitrogens with one attached hydrogen (secondary N) is 1. The number of hydrogen-bond donors (Lipinski definition) is 1. The van der Waals surface area contributed by atoms with Gasteiger partial charge in [0.15, 0.2) is 9.84 Å². The lowest BCUT2D eigenvalue weighted by Crippen LogP contribution is -2.50. The molecular formula is C19H28FN3O4S. The summed E-state index contributed by atoms with van der Waals surface area (Å²) in [5.74, 6) is -0.912. The highest BCUT2D eigenvalue weighted by molar-refractivity contribution is 7.91. The van der Waals surface area contributed by atoms with Crippen LogP contribution in [0.25, 0.3) is 0 Å². The van der Waals surface area contributed by atoms with Gasteiger partial charge in [-0.15, -0.1) is 0 Å². The largest absolute Gasteiger partial charge is 0.335 e. The van der Waals surface area contributed by atoms with Crippen LogP contribution in [0, 0.1) is 5.82 Å². The molecule has 156 valence electrons. The summed E-state index contributed by atoms with van der Waals surface area (Å²) >= 11 is 0. The highest BCUT2D eigenvalue weighted by Gasteiger charge is 2.36. The number of hydrogen-bond acceptors (Lipinski definition) is 5. The van der Waals surface area contributed by atoms with Gasteiger partial charge in [0.05, 0.1) is 24.6 Å². The minimum atomic E-state index is -3.10. The van der Waals surface area contributed by atoms with Crippen molar-refractivity contribution < 1.29 is 22.4 Å². The number of nitrogens with zero attached hydrogens (tertiary/aromatic N) is 2. The lowest BCUT2D eigenvalue weighted by molar-refractivity contribution is -0.136. The molecule has 2 amide bonds. The Bertz CT molecular complexity index is 815. The molecule has 0 radical (unpaired) electrons. The van der Waals surface area contributed by atoms with Crippen LogP contribution in [0.1, 0.15) is 26.7 Å². The summed E-state index contributed by atoms with van der Waals surface area (Å²) in [4.78, 5) is 28.2. The fourth-order valence-electron chi connectivity index (χ4n) is 3.38. The molecule has 0 spiro atoms. The summed E-state index contributed by atoms with van der Waals surface area (Å²) in [7, 11) is -1.46. The van der Waals surface area contributed by atoms with Crippen LogP contribution in [0.2, 0.25) is 0 Å². The number of sulfone groups is 1. The fraction of sp³-hybridized carbons (Fsp3) is 0.579. The van der Waals surface area contributed by atoms with E-state index >= 15 is 0 Å². The Labute approximate surface area is 165 Å². The number of halogens is 1. The van der Waals surface area contributed by atoms with E-state index < -0.39 is 15.7 Å².